The average Bonchev–Trinajstić information content (AvgIpc) is 1.63. The van der Waals surface area contributed by atoms with Gasteiger partial charge in [0.2, 0.25) is 0 Å². The number of nitrogens with zero attached hydrogens (tertiary/aromatic N) is 1. The highest BCUT2D eigenvalue weighted by molar-refractivity contribution is 4.52. The number of rotatable bonds is 4. The van der Waals surface area contributed by atoms with Crippen LogP contribution in [-0.2, 0) is 0 Å². The van der Waals surface area contributed by atoms with E-state index in [-0.39, 0.29) is 0 Å². The highest BCUT2D eigenvalue weighted by atomic mass is 15.1. The molecule has 0 aromatic heterocycles. The largest absolute Gasteiger partial charge is 0.306 e. The van der Waals surface area contributed by atoms with Crippen LogP contribution in [0.2, 0.25) is 0 Å². The van der Waals surface area contributed by atoms with Gasteiger partial charge in [-0.15, -0.1) is 0 Å². The van der Waals surface area contributed by atoms with Gasteiger partial charge in [-0.25, -0.2) is 0 Å². The first-order valence-corrected chi connectivity index (χ1v) is 3.85. The lowest BCUT2D eigenvalue weighted by Gasteiger charge is -2.17. The molecule has 0 spiro atoms. The lowest BCUT2D eigenvalue weighted by Crippen LogP contribution is -2.23. The highest BCUT2D eigenvalue weighted by Crippen LogP contribution is 1.95. The maximum absolute atomic E-state index is 2.38. The fourth-order valence-electron chi connectivity index (χ4n) is 1.10. The zero-order chi connectivity index (χ0) is 7.28. The first-order valence-electron chi connectivity index (χ1n) is 3.85. The molecule has 0 aromatic rings. The van der Waals surface area contributed by atoms with Crippen molar-refractivity contribution in [2.24, 2.45) is 5.92 Å². The van der Waals surface area contributed by atoms with Gasteiger partial charge in [-0.3, -0.25) is 0 Å². The molecule has 9 heavy (non-hydrogen) atoms. The zero-order valence-corrected chi connectivity index (χ0v) is 7.15. The predicted molar refractivity (Wildman–Crippen MR) is 42.6 cm³/mol. The third kappa shape index (κ3) is 5.84. The van der Waals surface area contributed by atoms with Crippen LogP contribution in [0.3, 0.4) is 0 Å². The van der Waals surface area contributed by atoms with Crippen LogP contribution >= 0.6 is 0 Å². The van der Waals surface area contributed by atoms with Gasteiger partial charge in [-0.1, -0.05) is 20.8 Å². The molecule has 1 heteroatoms. The topological polar surface area (TPSA) is 3.24 Å². The molecule has 0 amide bonds. The molecule has 0 rings (SSSR count). The van der Waals surface area contributed by atoms with Gasteiger partial charge < -0.3 is 4.90 Å². The minimum atomic E-state index is 0.807. The van der Waals surface area contributed by atoms with Gasteiger partial charge in [0.15, 0.2) is 0 Å². The summed E-state index contributed by atoms with van der Waals surface area (Å²) < 4.78 is 0. The molecule has 0 saturated heterocycles. The molecule has 0 atom stereocenters. The summed E-state index contributed by atoms with van der Waals surface area (Å²) in [4.78, 5) is 2.38. The van der Waals surface area contributed by atoms with Crippen molar-refractivity contribution in [3.05, 3.63) is 0 Å². The van der Waals surface area contributed by atoms with Crippen LogP contribution in [-0.4, -0.2) is 25.0 Å². The number of hydrogen-bond donors (Lipinski definition) is 0. The van der Waals surface area contributed by atoms with Crippen molar-refractivity contribution in [1.82, 2.24) is 4.90 Å². The molecule has 0 bridgehead atoms. The van der Waals surface area contributed by atoms with Crippen molar-refractivity contribution in [3.63, 3.8) is 0 Å². The summed E-state index contributed by atoms with van der Waals surface area (Å²) in [6.45, 7) is 9.20. The molecule has 0 saturated carbocycles. The zero-order valence-electron chi connectivity index (χ0n) is 7.15. The summed E-state index contributed by atoms with van der Waals surface area (Å²) in [6, 6.07) is 0. The minimum Gasteiger partial charge on any atom is -0.306 e. The summed E-state index contributed by atoms with van der Waals surface area (Å²) in [6.07, 6.45) is 1.27. The van der Waals surface area contributed by atoms with E-state index in [0.717, 1.165) is 5.92 Å². The predicted octanol–water partition coefficient (Wildman–Crippen LogP) is 1.98. The molecular weight excluding hydrogens is 110 g/mol. The highest BCUT2D eigenvalue weighted by Gasteiger charge is 1.97. The molecule has 1 nitrogen and oxygen atoms in total. The van der Waals surface area contributed by atoms with Crippen molar-refractivity contribution in [2.75, 3.05) is 20.1 Å². The van der Waals surface area contributed by atoms with Crippen molar-refractivity contribution in [3.8, 4) is 0 Å². The first kappa shape index (κ1) is 8.96. The van der Waals surface area contributed by atoms with Crippen molar-refractivity contribution in [1.29, 1.82) is 0 Å². The second-order valence-electron chi connectivity index (χ2n) is 3.16. The maximum Gasteiger partial charge on any atom is 0.000133 e. The van der Waals surface area contributed by atoms with Gasteiger partial charge in [0.25, 0.3) is 0 Å². The quantitative estimate of drug-likeness (QED) is 0.561. The van der Waals surface area contributed by atoms with Crippen molar-refractivity contribution in [2.45, 2.75) is 27.2 Å². The van der Waals surface area contributed by atoms with E-state index in [9.17, 15) is 0 Å². The van der Waals surface area contributed by atoms with Gasteiger partial charge in [-0.2, -0.15) is 0 Å². The minimum absolute atomic E-state index is 0.807. The van der Waals surface area contributed by atoms with E-state index in [2.05, 4.69) is 32.7 Å². The Kier molecular flexibility index (Phi) is 4.78. The molecule has 0 heterocycles. The van der Waals surface area contributed by atoms with E-state index in [4.69, 9.17) is 0 Å². The maximum atomic E-state index is 2.38. The van der Waals surface area contributed by atoms with Crippen LogP contribution in [0.25, 0.3) is 0 Å². The van der Waals surface area contributed by atoms with Crippen LogP contribution in [0.1, 0.15) is 27.2 Å². The molecule has 0 aromatic carbocycles. The van der Waals surface area contributed by atoms with E-state index in [1.807, 2.05) is 0 Å². The average molecular weight is 129 g/mol. The normalized spacial score (nSPS) is 11.3. The van der Waals surface area contributed by atoms with E-state index >= 15 is 0 Å². The fourth-order valence-corrected chi connectivity index (χ4v) is 1.10. The Hall–Kier alpha value is -0.0400. The second kappa shape index (κ2) is 4.80. The fraction of sp³-hybridized carbons (Fsp3) is 1.00. The SMILES string of the molecule is CCCN(C)CC(C)C. The summed E-state index contributed by atoms with van der Waals surface area (Å²) in [5.41, 5.74) is 0. The van der Waals surface area contributed by atoms with Gasteiger partial charge in [0.1, 0.15) is 0 Å². The van der Waals surface area contributed by atoms with Gasteiger partial charge in [0, 0.05) is 6.54 Å². The molecule has 0 aliphatic heterocycles. The van der Waals surface area contributed by atoms with Crippen LogP contribution in [0.5, 0.6) is 0 Å². The molecule has 0 N–H and O–H groups in total. The molecule has 0 fully saturated rings. The molecule has 0 radical (unpaired) electrons. The first-order chi connectivity index (χ1) is 4.16. The van der Waals surface area contributed by atoms with Crippen LogP contribution < -0.4 is 0 Å². The number of hydrogen-bond acceptors (Lipinski definition) is 1. The van der Waals surface area contributed by atoms with Crippen LogP contribution in [0, 0.1) is 5.92 Å². The molecule has 0 unspecified atom stereocenters. The van der Waals surface area contributed by atoms with E-state index in [1.165, 1.54) is 19.5 Å². The Morgan fingerprint density at radius 2 is 1.89 bits per heavy atom. The second-order valence-corrected chi connectivity index (χ2v) is 3.16. The Bertz CT molecular complexity index is 59.6. The van der Waals surface area contributed by atoms with E-state index in [0.29, 0.717) is 0 Å². The van der Waals surface area contributed by atoms with Crippen LogP contribution in [0.15, 0.2) is 0 Å². The monoisotopic (exact) mass is 129 g/mol. The Morgan fingerprint density at radius 3 is 2.22 bits per heavy atom. The van der Waals surface area contributed by atoms with Gasteiger partial charge >= 0.3 is 0 Å². The smallest absolute Gasteiger partial charge is 0.000133 e. The Morgan fingerprint density at radius 1 is 1.33 bits per heavy atom. The Balaban J connectivity index is 3.15. The summed E-state index contributed by atoms with van der Waals surface area (Å²) in [5.74, 6) is 0.807. The molecule has 0 aliphatic rings. The molecule has 0 aliphatic carbocycles. The van der Waals surface area contributed by atoms with E-state index in [1.54, 1.807) is 0 Å². The van der Waals surface area contributed by atoms with E-state index < -0.39 is 0 Å². The lowest BCUT2D eigenvalue weighted by molar-refractivity contribution is 0.296. The molecule has 56 valence electrons. The molecular formula is C8H19N. The summed E-state index contributed by atoms with van der Waals surface area (Å²) >= 11 is 0. The van der Waals surface area contributed by atoms with Gasteiger partial charge in [0.05, 0.1) is 0 Å². The third-order valence-electron chi connectivity index (χ3n) is 1.28. The summed E-state index contributed by atoms with van der Waals surface area (Å²) in [7, 11) is 2.18. The van der Waals surface area contributed by atoms with Crippen molar-refractivity contribution < 1.29 is 0 Å². The van der Waals surface area contributed by atoms with Crippen molar-refractivity contribution >= 4 is 0 Å². The van der Waals surface area contributed by atoms with Crippen LogP contribution in [0.4, 0.5) is 0 Å². The van der Waals surface area contributed by atoms with Gasteiger partial charge in [-0.05, 0) is 25.9 Å². The lowest BCUT2D eigenvalue weighted by atomic mass is 10.2. The Labute approximate surface area is 59.1 Å². The third-order valence-corrected chi connectivity index (χ3v) is 1.28. The standard InChI is InChI=1S/C8H19N/c1-5-6-9(4)7-8(2)3/h8H,5-7H2,1-4H3. The summed E-state index contributed by atoms with van der Waals surface area (Å²) in [5, 5.41) is 0.